The first-order valence-electron chi connectivity index (χ1n) is 5.88. The van der Waals surface area contributed by atoms with E-state index >= 15 is 0 Å². The molecule has 0 saturated carbocycles. The number of nitrogens with one attached hydrogen (secondary N) is 1. The van der Waals surface area contributed by atoms with Crippen LogP contribution in [0.15, 0.2) is 6.20 Å². The second-order valence-electron chi connectivity index (χ2n) is 4.20. The molecule has 0 amide bonds. The Balaban J connectivity index is 2.40. The molecule has 0 radical (unpaired) electrons. The Kier molecular flexibility index (Phi) is 3.40. The SMILES string of the molecule is CCCC(c1nc(N)nc(N)n1)c1ncc(C)[nH]1. The van der Waals surface area contributed by atoms with Crippen molar-refractivity contribution in [1.29, 1.82) is 0 Å². The van der Waals surface area contributed by atoms with Gasteiger partial charge in [0.15, 0.2) is 0 Å². The summed E-state index contributed by atoms with van der Waals surface area (Å²) in [4.78, 5) is 19.6. The number of imidazole rings is 1. The molecule has 0 bridgehead atoms. The molecule has 0 fully saturated rings. The van der Waals surface area contributed by atoms with Crippen molar-refractivity contribution in [2.75, 3.05) is 11.5 Å². The predicted octanol–water partition coefficient (Wildman–Crippen LogP) is 1.000. The number of nitrogens with zero attached hydrogens (tertiary/aromatic N) is 4. The molecule has 18 heavy (non-hydrogen) atoms. The fourth-order valence-corrected chi connectivity index (χ4v) is 1.87. The van der Waals surface area contributed by atoms with Crippen LogP contribution in [0.4, 0.5) is 11.9 Å². The molecule has 5 N–H and O–H groups in total. The van der Waals surface area contributed by atoms with Crippen LogP contribution in [0.5, 0.6) is 0 Å². The van der Waals surface area contributed by atoms with Gasteiger partial charge in [0, 0.05) is 11.9 Å². The van der Waals surface area contributed by atoms with Crippen LogP contribution >= 0.6 is 0 Å². The highest BCUT2D eigenvalue weighted by atomic mass is 15.1. The second kappa shape index (κ2) is 4.99. The number of aromatic nitrogens is 5. The standard InChI is InChI=1S/C11H17N7/c1-3-4-7(8-14-5-6(2)15-8)9-16-10(12)18-11(13)17-9/h5,7H,3-4H2,1-2H3,(H,14,15)(H4,12,13,16,17,18). The zero-order chi connectivity index (χ0) is 13.1. The highest BCUT2D eigenvalue weighted by Crippen LogP contribution is 2.25. The first-order valence-corrected chi connectivity index (χ1v) is 5.88. The van der Waals surface area contributed by atoms with Crippen LogP contribution in [-0.2, 0) is 0 Å². The first kappa shape index (κ1) is 12.3. The third kappa shape index (κ3) is 2.55. The summed E-state index contributed by atoms with van der Waals surface area (Å²) in [7, 11) is 0. The zero-order valence-corrected chi connectivity index (χ0v) is 10.5. The van der Waals surface area contributed by atoms with E-state index < -0.39 is 0 Å². The average molecular weight is 247 g/mol. The molecule has 2 aromatic rings. The number of H-pyrrole nitrogens is 1. The molecule has 1 atom stereocenters. The summed E-state index contributed by atoms with van der Waals surface area (Å²) in [5.74, 6) is 1.65. The summed E-state index contributed by atoms with van der Waals surface area (Å²) in [6.07, 6.45) is 3.64. The van der Waals surface area contributed by atoms with Gasteiger partial charge in [0.1, 0.15) is 11.6 Å². The molecule has 2 aromatic heterocycles. The Morgan fingerprint density at radius 3 is 2.39 bits per heavy atom. The van der Waals surface area contributed by atoms with Crippen LogP contribution in [0.25, 0.3) is 0 Å². The maximum absolute atomic E-state index is 5.60. The molecule has 0 aliphatic rings. The van der Waals surface area contributed by atoms with Crippen LogP contribution in [-0.4, -0.2) is 24.9 Å². The van der Waals surface area contributed by atoms with Crippen LogP contribution < -0.4 is 11.5 Å². The molecule has 7 nitrogen and oxygen atoms in total. The van der Waals surface area contributed by atoms with Crippen molar-refractivity contribution in [3.8, 4) is 0 Å². The summed E-state index contributed by atoms with van der Waals surface area (Å²) in [5.41, 5.74) is 12.2. The minimum atomic E-state index is -0.0312. The minimum absolute atomic E-state index is 0.0312. The monoisotopic (exact) mass is 247 g/mol. The predicted molar refractivity (Wildman–Crippen MR) is 68.7 cm³/mol. The lowest BCUT2D eigenvalue weighted by Crippen LogP contribution is -2.13. The summed E-state index contributed by atoms with van der Waals surface area (Å²) < 4.78 is 0. The number of aromatic amines is 1. The van der Waals surface area contributed by atoms with Crippen molar-refractivity contribution < 1.29 is 0 Å². The topological polar surface area (TPSA) is 119 Å². The number of hydrogen-bond donors (Lipinski definition) is 3. The van der Waals surface area contributed by atoms with Gasteiger partial charge in [-0.2, -0.15) is 15.0 Å². The van der Waals surface area contributed by atoms with Crippen molar-refractivity contribution in [3.63, 3.8) is 0 Å². The number of anilines is 2. The molecule has 7 heteroatoms. The van der Waals surface area contributed by atoms with Gasteiger partial charge in [0.05, 0.1) is 5.92 Å². The highest BCUT2D eigenvalue weighted by molar-refractivity contribution is 5.28. The van der Waals surface area contributed by atoms with E-state index in [9.17, 15) is 0 Å². The Hall–Kier alpha value is -2.18. The summed E-state index contributed by atoms with van der Waals surface area (Å²) in [6.45, 7) is 4.05. The van der Waals surface area contributed by atoms with Crippen LogP contribution in [0.3, 0.4) is 0 Å². The Labute approximate surface area is 105 Å². The van der Waals surface area contributed by atoms with Crippen molar-refractivity contribution in [2.45, 2.75) is 32.6 Å². The highest BCUT2D eigenvalue weighted by Gasteiger charge is 2.20. The third-order valence-electron chi connectivity index (χ3n) is 2.63. The summed E-state index contributed by atoms with van der Waals surface area (Å²) >= 11 is 0. The maximum atomic E-state index is 5.60. The number of aryl methyl sites for hydroxylation is 1. The van der Waals surface area contributed by atoms with Gasteiger partial charge in [-0.15, -0.1) is 0 Å². The second-order valence-corrected chi connectivity index (χ2v) is 4.20. The molecule has 0 aromatic carbocycles. The molecule has 1 unspecified atom stereocenters. The molecule has 2 rings (SSSR count). The van der Waals surface area contributed by atoms with E-state index in [2.05, 4.69) is 31.8 Å². The number of nitrogen functional groups attached to an aromatic ring is 2. The number of nitrogens with two attached hydrogens (primary N) is 2. The molecule has 0 saturated heterocycles. The van der Waals surface area contributed by atoms with E-state index in [0.717, 1.165) is 24.4 Å². The molecular weight excluding hydrogens is 230 g/mol. The van der Waals surface area contributed by atoms with Gasteiger partial charge in [-0.05, 0) is 13.3 Å². The number of rotatable bonds is 4. The molecular formula is C11H17N7. The van der Waals surface area contributed by atoms with Crippen LogP contribution in [0.2, 0.25) is 0 Å². The Morgan fingerprint density at radius 1 is 1.22 bits per heavy atom. The fraction of sp³-hybridized carbons (Fsp3) is 0.455. The van der Waals surface area contributed by atoms with E-state index in [-0.39, 0.29) is 17.8 Å². The maximum Gasteiger partial charge on any atom is 0.225 e. The van der Waals surface area contributed by atoms with Crippen LogP contribution in [0, 0.1) is 6.92 Å². The Morgan fingerprint density at radius 2 is 1.89 bits per heavy atom. The lowest BCUT2D eigenvalue weighted by Gasteiger charge is -2.12. The lowest BCUT2D eigenvalue weighted by atomic mass is 10.0. The van der Waals surface area contributed by atoms with Crippen LogP contribution in [0.1, 0.15) is 43.0 Å². The molecule has 2 heterocycles. The van der Waals surface area contributed by atoms with E-state index in [1.165, 1.54) is 0 Å². The van der Waals surface area contributed by atoms with Gasteiger partial charge < -0.3 is 16.5 Å². The normalized spacial score (nSPS) is 12.6. The van der Waals surface area contributed by atoms with E-state index in [0.29, 0.717) is 5.82 Å². The minimum Gasteiger partial charge on any atom is -0.368 e. The van der Waals surface area contributed by atoms with Gasteiger partial charge in [0.25, 0.3) is 0 Å². The van der Waals surface area contributed by atoms with Crippen molar-refractivity contribution >= 4 is 11.9 Å². The Bertz CT molecular complexity index is 514. The number of hydrogen-bond acceptors (Lipinski definition) is 6. The van der Waals surface area contributed by atoms with Gasteiger partial charge in [-0.3, -0.25) is 0 Å². The quantitative estimate of drug-likeness (QED) is 0.741. The van der Waals surface area contributed by atoms with E-state index in [1.54, 1.807) is 6.20 Å². The summed E-state index contributed by atoms with van der Waals surface area (Å²) in [6, 6.07) is 0. The van der Waals surface area contributed by atoms with Crippen molar-refractivity contribution in [2.24, 2.45) is 0 Å². The van der Waals surface area contributed by atoms with E-state index in [1.807, 2.05) is 6.92 Å². The van der Waals surface area contributed by atoms with Gasteiger partial charge >= 0.3 is 0 Å². The van der Waals surface area contributed by atoms with Crippen molar-refractivity contribution in [3.05, 3.63) is 23.5 Å². The average Bonchev–Trinajstić information content (AvgIpc) is 2.71. The fourth-order valence-electron chi connectivity index (χ4n) is 1.87. The molecule has 0 spiro atoms. The third-order valence-corrected chi connectivity index (χ3v) is 2.63. The lowest BCUT2D eigenvalue weighted by molar-refractivity contribution is 0.628. The molecule has 0 aliphatic heterocycles. The largest absolute Gasteiger partial charge is 0.368 e. The van der Waals surface area contributed by atoms with Gasteiger partial charge in [-0.25, -0.2) is 4.98 Å². The van der Waals surface area contributed by atoms with Gasteiger partial charge in [0.2, 0.25) is 11.9 Å². The smallest absolute Gasteiger partial charge is 0.225 e. The summed E-state index contributed by atoms with van der Waals surface area (Å²) in [5, 5.41) is 0. The van der Waals surface area contributed by atoms with Crippen molar-refractivity contribution in [1.82, 2.24) is 24.9 Å². The molecule has 96 valence electrons. The zero-order valence-electron chi connectivity index (χ0n) is 10.5. The van der Waals surface area contributed by atoms with E-state index in [4.69, 9.17) is 11.5 Å². The first-order chi connectivity index (χ1) is 8.60. The van der Waals surface area contributed by atoms with Gasteiger partial charge in [-0.1, -0.05) is 13.3 Å². The molecule has 0 aliphatic carbocycles.